The number of hydrogen-bond acceptors (Lipinski definition) is 9. The van der Waals surface area contributed by atoms with E-state index in [2.05, 4.69) is 21.3 Å². The Morgan fingerprint density at radius 3 is 2.00 bits per heavy atom. The molecule has 0 bridgehead atoms. The van der Waals surface area contributed by atoms with Crippen molar-refractivity contribution in [3.63, 3.8) is 0 Å². The molecule has 2 aromatic carbocycles. The number of thioether (sulfide) groups is 1. The molecule has 0 aliphatic carbocycles. The fraction of sp³-hybridized carbons (Fsp3) is 0.595. The van der Waals surface area contributed by atoms with Crippen LogP contribution in [0, 0.1) is 10.8 Å². The lowest BCUT2D eigenvalue weighted by atomic mass is 9.85. The number of nitrogens with one attached hydrogen (secondary N) is 4. The van der Waals surface area contributed by atoms with E-state index in [1.807, 2.05) is 82.8 Å². The first kappa shape index (κ1) is 44.7. The van der Waals surface area contributed by atoms with Gasteiger partial charge in [-0.15, -0.1) is 11.8 Å². The SMILES string of the molecule is C[C@@H](NC(=O)[C@H]1N(C(=O)[C@@H](O)[C@H](Cc2ccccc2)NC(=O)[C@@H](NC(=O)[C@@H](NC(=O)CN2CCOCC2)c2ccccc2)C(C)(C)C)CSC1(C)C)C(C)(C)C. The van der Waals surface area contributed by atoms with Crippen LogP contribution in [0.15, 0.2) is 60.7 Å². The molecule has 2 aliphatic heterocycles. The molecular formula is C42H62N6O7S. The molecule has 4 rings (SSSR count). The highest BCUT2D eigenvalue weighted by Gasteiger charge is 2.50. The zero-order chi connectivity index (χ0) is 41.4. The molecule has 2 saturated heterocycles. The van der Waals surface area contributed by atoms with Crippen molar-refractivity contribution in [1.82, 2.24) is 31.1 Å². The van der Waals surface area contributed by atoms with Gasteiger partial charge in [0.1, 0.15) is 18.1 Å². The van der Waals surface area contributed by atoms with Gasteiger partial charge in [0.05, 0.1) is 31.7 Å². The molecule has 5 amide bonds. The summed E-state index contributed by atoms with van der Waals surface area (Å²) in [4.78, 5) is 73.2. The summed E-state index contributed by atoms with van der Waals surface area (Å²) in [5.41, 5.74) is 0.239. The lowest BCUT2D eigenvalue weighted by molar-refractivity contribution is -0.148. The summed E-state index contributed by atoms with van der Waals surface area (Å²) in [7, 11) is 0. The van der Waals surface area contributed by atoms with Gasteiger partial charge in [-0.05, 0) is 49.1 Å². The number of ether oxygens (including phenoxy) is 1. The lowest BCUT2D eigenvalue weighted by Crippen LogP contribution is -2.62. The Morgan fingerprint density at radius 2 is 1.43 bits per heavy atom. The number of carbonyl (C=O) groups is 5. The van der Waals surface area contributed by atoms with Crippen molar-refractivity contribution in [3.8, 4) is 0 Å². The molecule has 5 N–H and O–H groups in total. The highest BCUT2D eigenvalue weighted by molar-refractivity contribution is 8.00. The fourth-order valence-corrected chi connectivity index (χ4v) is 7.80. The van der Waals surface area contributed by atoms with Crippen LogP contribution in [-0.4, -0.2) is 118 Å². The van der Waals surface area contributed by atoms with E-state index in [0.717, 1.165) is 5.56 Å². The van der Waals surface area contributed by atoms with E-state index < -0.39 is 58.2 Å². The molecule has 0 spiro atoms. The van der Waals surface area contributed by atoms with Gasteiger partial charge in [-0.1, -0.05) is 102 Å². The molecule has 0 radical (unpaired) electrons. The van der Waals surface area contributed by atoms with Crippen molar-refractivity contribution in [2.75, 3.05) is 38.7 Å². The highest BCUT2D eigenvalue weighted by atomic mass is 32.2. The summed E-state index contributed by atoms with van der Waals surface area (Å²) in [6.07, 6.45) is -1.63. The van der Waals surface area contributed by atoms with Crippen molar-refractivity contribution in [2.24, 2.45) is 10.8 Å². The maximum Gasteiger partial charge on any atom is 0.254 e. The maximum absolute atomic E-state index is 14.4. The number of benzene rings is 2. The van der Waals surface area contributed by atoms with E-state index >= 15 is 0 Å². The minimum absolute atomic E-state index is 0.0844. The molecule has 2 aliphatic rings. The number of carbonyl (C=O) groups excluding carboxylic acids is 5. The maximum atomic E-state index is 14.4. The second-order valence-electron chi connectivity index (χ2n) is 17.5. The van der Waals surface area contributed by atoms with E-state index in [9.17, 15) is 29.1 Å². The third kappa shape index (κ3) is 12.0. The first-order chi connectivity index (χ1) is 26.2. The van der Waals surface area contributed by atoms with Crippen LogP contribution in [0.3, 0.4) is 0 Å². The van der Waals surface area contributed by atoms with Crippen LogP contribution >= 0.6 is 11.8 Å². The molecule has 0 unspecified atom stereocenters. The number of rotatable bonds is 14. The van der Waals surface area contributed by atoms with E-state index in [4.69, 9.17) is 4.74 Å². The summed E-state index contributed by atoms with van der Waals surface area (Å²) >= 11 is 1.44. The smallest absolute Gasteiger partial charge is 0.254 e. The van der Waals surface area contributed by atoms with Gasteiger partial charge in [0.15, 0.2) is 6.10 Å². The molecule has 0 aromatic heterocycles. The Hall–Kier alpha value is -3.98. The monoisotopic (exact) mass is 794 g/mol. The van der Waals surface area contributed by atoms with Crippen molar-refractivity contribution >= 4 is 41.3 Å². The van der Waals surface area contributed by atoms with Gasteiger partial charge in [0.25, 0.3) is 5.91 Å². The summed E-state index contributed by atoms with van der Waals surface area (Å²) in [6.45, 7) is 19.5. The summed E-state index contributed by atoms with van der Waals surface area (Å²) < 4.78 is 4.75. The molecule has 0 saturated carbocycles. The van der Waals surface area contributed by atoms with Gasteiger partial charge < -0.3 is 36.0 Å². The van der Waals surface area contributed by atoms with Crippen molar-refractivity contribution < 1.29 is 33.8 Å². The Kier molecular flexibility index (Phi) is 15.2. The van der Waals surface area contributed by atoms with Crippen LogP contribution in [0.4, 0.5) is 0 Å². The molecular weight excluding hydrogens is 733 g/mol. The number of nitrogens with zero attached hydrogens (tertiary/aromatic N) is 2. The second-order valence-corrected chi connectivity index (χ2v) is 19.1. The highest BCUT2D eigenvalue weighted by Crippen LogP contribution is 2.40. The normalized spacial score (nSPS) is 20.2. The van der Waals surface area contributed by atoms with Crippen LogP contribution in [0.1, 0.15) is 79.5 Å². The summed E-state index contributed by atoms with van der Waals surface area (Å²) in [5.74, 6) is -2.37. The predicted octanol–water partition coefficient (Wildman–Crippen LogP) is 3.03. The molecule has 13 nitrogen and oxygen atoms in total. The topological polar surface area (TPSA) is 169 Å². The largest absolute Gasteiger partial charge is 0.381 e. The standard InChI is InChI=1S/C42H62N6O7S/c1-27(40(2,3)4)43-38(53)35-42(8,9)56-26-48(35)39(54)33(50)30(24-28-16-12-10-13-17-28)44-37(52)34(41(5,6)7)46-36(51)32(29-18-14-11-15-19-29)45-31(49)25-47-20-22-55-23-21-47/h10-19,27,30,32-35,50H,20-26H2,1-9H3,(H,43,53)(H,44,52)(H,45,49)(H,46,51)/t27-,30+,32+,33+,34-,35-/m1/s1. The second kappa shape index (κ2) is 19.0. The minimum Gasteiger partial charge on any atom is -0.381 e. The molecule has 56 heavy (non-hydrogen) atoms. The first-order valence-corrected chi connectivity index (χ1v) is 20.4. The Balaban J connectivity index is 1.58. The van der Waals surface area contributed by atoms with Crippen molar-refractivity contribution in [2.45, 2.75) is 110 Å². The number of amides is 5. The van der Waals surface area contributed by atoms with Gasteiger partial charge in [-0.25, -0.2) is 0 Å². The van der Waals surface area contributed by atoms with Crippen molar-refractivity contribution in [1.29, 1.82) is 0 Å². The quantitative estimate of drug-likeness (QED) is 0.193. The van der Waals surface area contributed by atoms with Crippen LogP contribution in [0.25, 0.3) is 0 Å². The van der Waals surface area contributed by atoms with Crippen LogP contribution in [0.5, 0.6) is 0 Å². The molecule has 2 fully saturated rings. The van der Waals surface area contributed by atoms with Gasteiger partial charge >= 0.3 is 0 Å². The first-order valence-electron chi connectivity index (χ1n) is 19.4. The molecule has 6 atom stereocenters. The third-order valence-corrected chi connectivity index (χ3v) is 12.0. The molecule has 2 aromatic rings. The average Bonchev–Trinajstić information content (AvgIpc) is 3.46. The van der Waals surface area contributed by atoms with Crippen molar-refractivity contribution in [3.05, 3.63) is 71.8 Å². The number of hydrogen-bond donors (Lipinski definition) is 5. The Bertz CT molecular complexity index is 1660. The van der Waals surface area contributed by atoms with E-state index in [1.165, 1.54) is 16.7 Å². The van der Waals surface area contributed by atoms with Crippen LogP contribution in [0.2, 0.25) is 0 Å². The van der Waals surface area contributed by atoms with E-state index in [-0.39, 0.29) is 42.1 Å². The van der Waals surface area contributed by atoms with Crippen LogP contribution < -0.4 is 21.3 Å². The summed E-state index contributed by atoms with van der Waals surface area (Å²) in [6, 6.07) is 13.6. The third-order valence-electron chi connectivity index (χ3n) is 10.6. The Morgan fingerprint density at radius 1 is 0.839 bits per heavy atom. The Labute approximate surface area is 336 Å². The molecule has 308 valence electrons. The van der Waals surface area contributed by atoms with E-state index in [1.54, 1.807) is 45.0 Å². The van der Waals surface area contributed by atoms with Gasteiger partial charge in [-0.2, -0.15) is 0 Å². The van der Waals surface area contributed by atoms with Gasteiger partial charge in [-0.3, -0.25) is 28.9 Å². The predicted molar refractivity (Wildman–Crippen MR) is 218 cm³/mol. The average molecular weight is 795 g/mol. The number of morpholine rings is 1. The number of aliphatic hydroxyl groups is 1. The van der Waals surface area contributed by atoms with E-state index in [0.29, 0.717) is 31.9 Å². The molecule has 2 heterocycles. The molecule has 14 heteroatoms. The lowest BCUT2D eigenvalue weighted by Gasteiger charge is -2.37. The van der Waals surface area contributed by atoms with Crippen LogP contribution in [-0.2, 0) is 35.1 Å². The fourth-order valence-electron chi connectivity index (χ4n) is 6.65. The zero-order valence-corrected chi connectivity index (χ0v) is 35.2. The minimum atomic E-state index is -1.73. The van der Waals surface area contributed by atoms with Gasteiger partial charge in [0, 0.05) is 23.9 Å². The summed E-state index contributed by atoms with van der Waals surface area (Å²) in [5, 5.41) is 23.6. The zero-order valence-electron chi connectivity index (χ0n) is 34.4. The number of aliphatic hydroxyl groups excluding tert-OH is 1. The van der Waals surface area contributed by atoms with Gasteiger partial charge in [0.2, 0.25) is 23.6 Å².